The van der Waals surface area contributed by atoms with Crippen molar-refractivity contribution < 1.29 is 27.4 Å². The maximum atomic E-state index is 13.7. The predicted molar refractivity (Wildman–Crippen MR) is 69.3 cm³/mol. The molecule has 3 nitrogen and oxygen atoms in total. The molecule has 6 heteroatoms. The van der Waals surface area contributed by atoms with E-state index in [0.29, 0.717) is 12.1 Å². The van der Waals surface area contributed by atoms with Gasteiger partial charge in [0, 0.05) is 6.07 Å². The number of rotatable bonds is 4. The van der Waals surface area contributed by atoms with Gasteiger partial charge in [0.1, 0.15) is 22.9 Å². The minimum Gasteiger partial charge on any atom is -0.496 e. The Morgan fingerprint density at radius 1 is 0.905 bits per heavy atom. The molecule has 0 atom stereocenters. The van der Waals surface area contributed by atoms with Crippen molar-refractivity contribution in [2.75, 3.05) is 14.2 Å². The van der Waals surface area contributed by atoms with Crippen LogP contribution in [0.4, 0.5) is 13.2 Å². The van der Waals surface area contributed by atoms with E-state index in [0.717, 1.165) is 0 Å². The number of carbonyl (C=O) groups excluding carboxylic acids is 1. The Labute approximate surface area is 118 Å². The summed E-state index contributed by atoms with van der Waals surface area (Å²) >= 11 is 0. The van der Waals surface area contributed by atoms with E-state index >= 15 is 0 Å². The molecule has 0 aliphatic carbocycles. The molecule has 2 rings (SSSR count). The second-order valence-corrected chi connectivity index (χ2v) is 4.11. The molecule has 0 bridgehead atoms. The maximum Gasteiger partial charge on any atom is 0.203 e. The number of methoxy groups -OCH3 is 2. The molecule has 110 valence electrons. The summed E-state index contributed by atoms with van der Waals surface area (Å²) in [4.78, 5) is 12.4. The summed E-state index contributed by atoms with van der Waals surface area (Å²) in [6.45, 7) is 0. The first-order valence-electron chi connectivity index (χ1n) is 5.89. The summed E-state index contributed by atoms with van der Waals surface area (Å²) in [5.74, 6) is -4.41. The fraction of sp³-hybridized carbons (Fsp3) is 0.133. The van der Waals surface area contributed by atoms with Gasteiger partial charge < -0.3 is 9.47 Å². The summed E-state index contributed by atoms with van der Waals surface area (Å²) in [6, 6.07) is 5.38. The minimum atomic E-state index is -1.36. The summed E-state index contributed by atoms with van der Waals surface area (Å²) in [5.41, 5.74) is -0.663. The Morgan fingerprint density at radius 3 is 1.95 bits per heavy atom. The van der Waals surface area contributed by atoms with Gasteiger partial charge in [-0.1, -0.05) is 6.07 Å². The molecule has 0 aromatic heterocycles. The van der Waals surface area contributed by atoms with Crippen LogP contribution in [0.1, 0.15) is 15.9 Å². The SMILES string of the molecule is COc1cccc(OC)c1C(=O)c1cc(F)c(F)cc1F. The van der Waals surface area contributed by atoms with Crippen molar-refractivity contribution in [1.82, 2.24) is 0 Å². The average molecular weight is 296 g/mol. The second-order valence-electron chi connectivity index (χ2n) is 4.11. The zero-order valence-corrected chi connectivity index (χ0v) is 11.2. The lowest BCUT2D eigenvalue weighted by molar-refractivity contribution is 0.102. The first-order chi connectivity index (χ1) is 9.99. The van der Waals surface area contributed by atoms with Gasteiger partial charge in [-0.2, -0.15) is 0 Å². The topological polar surface area (TPSA) is 35.5 Å². The van der Waals surface area contributed by atoms with Crippen LogP contribution < -0.4 is 9.47 Å². The molecular formula is C15H11F3O3. The van der Waals surface area contributed by atoms with Crippen molar-refractivity contribution in [3.63, 3.8) is 0 Å². The summed E-state index contributed by atoms with van der Waals surface area (Å²) in [5, 5.41) is 0. The largest absolute Gasteiger partial charge is 0.496 e. The zero-order chi connectivity index (χ0) is 15.6. The van der Waals surface area contributed by atoms with Gasteiger partial charge in [0.15, 0.2) is 11.6 Å². The molecule has 0 heterocycles. The third-order valence-corrected chi connectivity index (χ3v) is 2.91. The van der Waals surface area contributed by atoms with Gasteiger partial charge in [-0.05, 0) is 18.2 Å². The van der Waals surface area contributed by atoms with E-state index in [-0.39, 0.29) is 17.1 Å². The average Bonchev–Trinajstić information content (AvgIpc) is 2.49. The molecule has 0 saturated carbocycles. The molecule has 0 unspecified atom stereocenters. The highest BCUT2D eigenvalue weighted by Gasteiger charge is 2.24. The first kappa shape index (κ1) is 14.9. The highest BCUT2D eigenvalue weighted by atomic mass is 19.2. The molecule has 0 spiro atoms. The van der Waals surface area contributed by atoms with Gasteiger partial charge in [0.05, 0.1) is 19.8 Å². The van der Waals surface area contributed by atoms with Gasteiger partial charge >= 0.3 is 0 Å². The third kappa shape index (κ3) is 2.69. The Morgan fingerprint density at radius 2 is 1.43 bits per heavy atom. The normalized spacial score (nSPS) is 10.3. The molecule has 2 aromatic rings. The van der Waals surface area contributed by atoms with Gasteiger partial charge in [0.2, 0.25) is 5.78 Å². The molecule has 0 fully saturated rings. The number of benzene rings is 2. The van der Waals surface area contributed by atoms with Gasteiger partial charge in [-0.25, -0.2) is 13.2 Å². The number of carbonyl (C=O) groups is 1. The van der Waals surface area contributed by atoms with Crippen LogP contribution in [0.2, 0.25) is 0 Å². The zero-order valence-electron chi connectivity index (χ0n) is 11.2. The van der Waals surface area contributed by atoms with Crippen molar-refractivity contribution in [2.24, 2.45) is 0 Å². The fourth-order valence-corrected chi connectivity index (χ4v) is 1.91. The molecule has 21 heavy (non-hydrogen) atoms. The number of halogens is 3. The number of hydrogen-bond acceptors (Lipinski definition) is 3. The first-order valence-corrected chi connectivity index (χ1v) is 5.89. The molecule has 0 N–H and O–H groups in total. The molecule has 0 radical (unpaired) electrons. The Balaban J connectivity index is 2.63. The van der Waals surface area contributed by atoms with E-state index in [9.17, 15) is 18.0 Å². The maximum absolute atomic E-state index is 13.7. The van der Waals surface area contributed by atoms with Crippen LogP contribution in [-0.4, -0.2) is 20.0 Å². The quantitative estimate of drug-likeness (QED) is 0.641. The van der Waals surface area contributed by atoms with Crippen LogP contribution in [0.15, 0.2) is 30.3 Å². The minimum absolute atomic E-state index is 0.0626. The van der Waals surface area contributed by atoms with E-state index in [2.05, 4.69) is 0 Å². The van der Waals surface area contributed by atoms with Crippen molar-refractivity contribution >= 4 is 5.78 Å². The van der Waals surface area contributed by atoms with E-state index in [4.69, 9.17) is 9.47 Å². The van der Waals surface area contributed by atoms with Crippen LogP contribution in [0, 0.1) is 17.5 Å². The van der Waals surface area contributed by atoms with Gasteiger partial charge in [-0.15, -0.1) is 0 Å². The lowest BCUT2D eigenvalue weighted by atomic mass is 10.0. The van der Waals surface area contributed by atoms with Crippen LogP contribution in [0.25, 0.3) is 0 Å². The van der Waals surface area contributed by atoms with E-state index in [1.54, 1.807) is 6.07 Å². The summed E-state index contributed by atoms with van der Waals surface area (Å²) < 4.78 is 50.0. The Kier molecular flexibility index (Phi) is 4.16. The second kappa shape index (κ2) is 5.87. The molecule has 0 aliphatic rings. The van der Waals surface area contributed by atoms with E-state index in [1.807, 2.05) is 0 Å². The number of hydrogen-bond donors (Lipinski definition) is 0. The predicted octanol–water partition coefficient (Wildman–Crippen LogP) is 3.35. The van der Waals surface area contributed by atoms with Crippen LogP contribution in [0.3, 0.4) is 0 Å². The molecular weight excluding hydrogens is 285 g/mol. The fourth-order valence-electron chi connectivity index (χ4n) is 1.91. The van der Waals surface area contributed by atoms with Gasteiger partial charge in [-0.3, -0.25) is 4.79 Å². The monoisotopic (exact) mass is 296 g/mol. The van der Waals surface area contributed by atoms with E-state index in [1.165, 1.54) is 26.4 Å². The third-order valence-electron chi connectivity index (χ3n) is 2.91. The van der Waals surface area contributed by atoms with Crippen molar-refractivity contribution in [3.05, 3.63) is 58.9 Å². The van der Waals surface area contributed by atoms with Crippen molar-refractivity contribution in [2.45, 2.75) is 0 Å². The molecule has 0 amide bonds. The summed E-state index contributed by atoms with van der Waals surface area (Å²) in [6.07, 6.45) is 0. The van der Waals surface area contributed by atoms with Crippen LogP contribution in [0.5, 0.6) is 11.5 Å². The lowest BCUT2D eigenvalue weighted by Crippen LogP contribution is -2.09. The molecule has 0 aliphatic heterocycles. The number of ketones is 1. The number of ether oxygens (including phenoxy) is 2. The Hall–Kier alpha value is -2.50. The molecule has 0 saturated heterocycles. The van der Waals surface area contributed by atoms with Gasteiger partial charge in [0.25, 0.3) is 0 Å². The highest BCUT2D eigenvalue weighted by Crippen LogP contribution is 2.31. The summed E-state index contributed by atoms with van der Waals surface area (Å²) in [7, 11) is 2.65. The van der Waals surface area contributed by atoms with Crippen molar-refractivity contribution in [1.29, 1.82) is 0 Å². The van der Waals surface area contributed by atoms with E-state index < -0.39 is 28.8 Å². The lowest BCUT2D eigenvalue weighted by Gasteiger charge is -2.12. The Bertz CT molecular complexity index is 677. The molecule has 2 aromatic carbocycles. The highest BCUT2D eigenvalue weighted by molar-refractivity contribution is 6.12. The van der Waals surface area contributed by atoms with Crippen LogP contribution in [-0.2, 0) is 0 Å². The van der Waals surface area contributed by atoms with Crippen LogP contribution >= 0.6 is 0 Å². The standard InChI is InChI=1S/C15H11F3O3/c1-20-12-4-3-5-13(21-2)14(12)15(19)8-6-10(17)11(18)7-9(8)16/h3-7H,1-2H3. The van der Waals surface area contributed by atoms with Crippen molar-refractivity contribution in [3.8, 4) is 11.5 Å². The smallest absolute Gasteiger partial charge is 0.203 e.